The zero-order valence-corrected chi connectivity index (χ0v) is 12.3. The molecule has 0 aromatic heterocycles. The number of carbonyl (C=O) groups excluding carboxylic acids is 1. The van der Waals surface area contributed by atoms with Crippen molar-refractivity contribution in [2.75, 3.05) is 7.11 Å². The largest absolute Gasteiger partial charge is 0.496 e. The van der Waals surface area contributed by atoms with Gasteiger partial charge in [-0.2, -0.15) is 0 Å². The van der Waals surface area contributed by atoms with Crippen LogP contribution in [0.1, 0.15) is 45.7 Å². The molecule has 0 spiro atoms. The van der Waals surface area contributed by atoms with E-state index in [0.717, 1.165) is 29.6 Å². The maximum atomic E-state index is 11.1. The Morgan fingerprint density at radius 2 is 1.78 bits per heavy atom. The van der Waals surface area contributed by atoms with Crippen LogP contribution in [-0.2, 0) is 16.6 Å². The number of rotatable bonds is 4. The molecule has 2 nitrogen and oxygen atoms in total. The summed E-state index contributed by atoms with van der Waals surface area (Å²) in [6.07, 6.45) is 1.93. The first-order valence-corrected chi connectivity index (χ1v) is 6.33. The first-order chi connectivity index (χ1) is 8.19. The summed E-state index contributed by atoms with van der Waals surface area (Å²) in [5.41, 5.74) is 1.95. The highest BCUT2D eigenvalue weighted by atomic mass is 16.5. The fourth-order valence-corrected chi connectivity index (χ4v) is 1.96. The van der Waals surface area contributed by atoms with Crippen LogP contribution >= 0.6 is 0 Å². The molecule has 1 aromatic carbocycles. The molecule has 100 valence electrons. The second kappa shape index (κ2) is 5.13. The zero-order chi connectivity index (χ0) is 14.0. The third-order valence-electron chi connectivity index (χ3n) is 3.04. The molecule has 0 heterocycles. The number of ether oxygens (including phenoxy) is 1. The molecule has 0 radical (unpaired) electrons. The quantitative estimate of drug-likeness (QED) is 0.758. The van der Waals surface area contributed by atoms with E-state index in [0.29, 0.717) is 0 Å². The van der Waals surface area contributed by atoms with Crippen LogP contribution in [0.15, 0.2) is 18.2 Å². The Labute approximate surface area is 110 Å². The predicted octanol–water partition coefficient (Wildman–Crippen LogP) is 3.76. The predicted molar refractivity (Wildman–Crippen MR) is 75.2 cm³/mol. The highest BCUT2D eigenvalue weighted by Crippen LogP contribution is 2.31. The van der Waals surface area contributed by atoms with Gasteiger partial charge >= 0.3 is 0 Å². The van der Waals surface area contributed by atoms with E-state index in [1.807, 2.05) is 26.0 Å². The van der Waals surface area contributed by atoms with E-state index in [1.165, 1.54) is 0 Å². The van der Waals surface area contributed by atoms with Crippen molar-refractivity contribution in [1.82, 2.24) is 0 Å². The van der Waals surface area contributed by atoms with Gasteiger partial charge in [-0.25, -0.2) is 0 Å². The van der Waals surface area contributed by atoms with Gasteiger partial charge < -0.3 is 9.53 Å². The minimum absolute atomic E-state index is 0.192. The van der Waals surface area contributed by atoms with Crippen molar-refractivity contribution in [1.29, 1.82) is 0 Å². The molecule has 1 rings (SSSR count). The van der Waals surface area contributed by atoms with E-state index < -0.39 is 5.41 Å². The van der Waals surface area contributed by atoms with Gasteiger partial charge in [-0.1, -0.05) is 32.9 Å². The summed E-state index contributed by atoms with van der Waals surface area (Å²) in [5.74, 6) is 0.898. The summed E-state index contributed by atoms with van der Waals surface area (Å²) in [5, 5.41) is 0. The maximum absolute atomic E-state index is 11.1. The first kappa shape index (κ1) is 14.7. The number of methoxy groups -OCH3 is 1. The standard InChI is InChI=1S/C16H24O2/c1-15(2,3)10-12-9-13(16(4,5)11-17)7-8-14(12)18-6/h7-9,11H,10H2,1-6H3. The molecule has 0 bridgehead atoms. The van der Waals surface area contributed by atoms with E-state index >= 15 is 0 Å². The van der Waals surface area contributed by atoms with E-state index in [2.05, 4.69) is 26.8 Å². The Bertz CT molecular complexity index is 425. The van der Waals surface area contributed by atoms with Crippen molar-refractivity contribution < 1.29 is 9.53 Å². The van der Waals surface area contributed by atoms with Crippen molar-refractivity contribution in [2.45, 2.75) is 46.5 Å². The van der Waals surface area contributed by atoms with Gasteiger partial charge in [0.2, 0.25) is 0 Å². The third-order valence-corrected chi connectivity index (χ3v) is 3.04. The number of hydrogen-bond donors (Lipinski definition) is 0. The molecule has 18 heavy (non-hydrogen) atoms. The Kier molecular flexibility index (Phi) is 4.20. The molecule has 0 fully saturated rings. The Morgan fingerprint density at radius 1 is 1.17 bits per heavy atom. The molecule has 0 aliphatic heterocycles. The fraction of sp³-hybridized carbons (Fsp3) is 0.562. The lowest BCUT2D eigenvalue weighted by molar-refractivity contribution is -0.111. The lowest BCUT2D eigenvalue weighted by Crippen LogP contribution is -2.19. The SMILES string of the molecule is COc1ccc(C(C)(C)C=O)cc1CC(C)(C)C. The third kappa shape index (κ3) is 3.59. The Morgan fingerprint density at radius 3 is 2.22 bits per heavy atom. The van der Waals surface area contributed by atoms with Gasteiger partial charge in [0, 0.05) is 5.41 Å². The van der Waals surface area contributed by atoms with Crippen LogP contribution in [0.3, 0.4) is 0 Å². The van der Waals surface area contributed by atoms with Gasteiger partial charge in [0.1, 0.15) is 12.0 Å². The molecule has 2 heteroatoms. The zero-order valence-electron chi connectivity index (χ0n) is 12.3. The van der Waals surface area contributed by atoms with Gasteiger partial charge in [0.05, 0.1) is 7.11 Å². The van der Waals surface area contributed by atoms with Crippen LogP contribution in [0.4, 0.5) is 0 Å². The number of benzene rings is 1. The monoisotopic (exact) mass is 248 g/mol. The van der Waals surface area contributed by atoms with Crippen LogP contribution in [0, 0.1) is 5.41 Å². The van der Waals surface area contributed by atoms with Gasteiger partial charge in [0.15, 0.2) is 0 Å². The van der Waals surface area contributed by atoms with Gasteiger partial charge in [-0.15, -0.1) is 0 Å². The van der Waals surface area contributed by atoms with Crippen molar-refractivity contribution in [3.05, 3.63) is 29.3 Å². The van der Waals surface area contributed by atoms with Crippen molar-refractivity contribution in [2.24, 2.45) is 5.41 Å². The average molecular weight is 248 g/mol. The normalized spacial score (nSPS) is 12.3. The van der Waals surface area contributed by atoms with Crippen LogP contribution in [0.2, 0.25) is 0 Å². The van der Waals surface area contributed by atoms with Crippen LogP contribution in [-0.4, -0.2) is 13.4 Å². The van der Waals surface area contributed by atoms with Gasteiger partial charge in [-0.05, 0) is 42.9 Å². The summed E-state index contributed by atoms with van der Waals surface area (Å²) < 4.78 is 5.40. The lowest BCUT2D eigenvalue weighted by atomic mass is 9.82. The van der Waals surface area contributed by atoms with Crippen LogP contribution < -0.4 is 4.74 Å². The first-order valence-electron chi connectivity index (χ1n) is 6.33. The Balaban J connectivity index is 3.22. The number of aldehydes is 1. The van der Waals surface area contributed by atoms with Crippen molar-refractivity contribution >= 4 is 6.29 Å². The minimum atomic E-state index is -0.446. The summed E-state index contributed by atoms with van der Waals surface area (Å²) in [6, 6.07) is 6.03. The molecule has 0 aliphatic rings. The lowest BCUT2D eigenvalue weighted by Gasteiger charge is -2.23. The second-order valence-electron chi connectivity index (χ2n) is 6.60. The highest BCUT2D eigenvalue weighted by Gasteiger charge is 2.22. The van der Waals surface area contributed by atoms with Gasteiger partial charge in [0.25, 0.3) is 0 Å². The minimum Gasteiger partial charge on any atom is -0.496 e. The summed E-state index contributed by atoms with van der Waals surface area (Å²) >= 11 is 0. The highest BCUT2D eigenvalue weighted by molar-refractivity contribution is 5.67. The second-order valence-corrected chi connectivity index (χ2v) is 6.60. The van der Waals surface area contributed by atoms with Crippen LogP contribution in [0.5, 0.6) is 5.75 Å². The van der Waals surface area contributed by atoms with E-state index in [1.54, 1.807) is 7.11 Å². The molecule has 0 atom stereocenters. The summed E-state index contributed by atoms with van der Waals surface area (Å²) in [4.78, 5) is 11.1. The molecule has 0 aliphatic carbocycles. The molecule has 0 saturated heterocycles. The van der Waals surface area contributed by atoms with E-state index in [-0.39, 0.29) is 5.41 Å². The number of hydrogen-bond acceptors (Lipinski definition) is 2. The smallest absolute Gasteiger partial charge is 0.129 e. The van der Waals surface area contributed by atoms with Crippen molar-refractivity contribution in [3.63, 3.8) is 0 Å². The summed E-state index contributed by atoms with van der Waals surface area (Å²) in [7, 11) is 1.69. The molecule has 0 N–H and O–H groups in total. The summed E-state index contributed by atoms with van der Waals surface area (Å²) in [6.45, 7) is 10.5. The molecule has 0 amide bonds. The number of carbonyl (C=O) groups is 1. The average Bonchev–Trinajstić information content (AvgIpc) is 2.26. The van der Waals surface area contributed by atoms with Crippen molar-refractivity contribution in [3.8, 4) is 5.75 Å². The van der Waals surface area contributed by atoms with E-state index in [9.17, 15) is 4.79 Å². The molecule has 1 aromatic rings. The molecule has 0 saturated carbocycles. The topological polar surface area (TPSA) is 26.3 Å². The Hall–Kier alpha value is -1.31. The van der Waals surface area contributed by atoms with E-state index in [4.69, 9.17) is 4.74 Å². The van der Waals surface area contributed by atoms with Gasteiger partial charge in [-0.3, -0.25) is 0 Å². The molecular weight excluding hydrogens is 224 g/mol. The molecule has 0 unspecified atom stereocenters. The molecular formula is C16H24O2. The maximum Gasteiger partial charge on any atom is 0.129 e. The fourth-order valence-electron chi connectivity index (χ4n) is 1.96. The van der Waals surface area contributed by atoms with Crippen LogP contribution in [0.25, 0.3) is 0 Å².